The first kappa shape index (κ1) is 15.6. The van der Waals surface area contributed by atoms with Crippen molar-refractivity contribution in [1.29, 1.82) is 0 Å². The fourth-order valence-corrected chi connectivity index (χ4v) is 2.67. The highest BCUT2D eigenvalue weighted by molar-refractivity contribution is 5.73. The van der Waals surface area contributed by atoms with E-state index < -0.39 is 0 Å². The highest BCUT2D eigenvalue weighted by Crippen LogP contribution is 2.19. The van der Waals surface area contributed by atoms with E-state index >= 15 is 0 Å². The Labute approximate surface area is 126 Å². The molecular weight excluding hydrogens is 266 g/mol. The van der Waals surface area contributed by atoms with Gasteiger partial charge in [0.25, 0.3) is 0 Å². The SMILES string of the molecule is CC(=O)NC1CCN(CCCOc2ccccc2N)CC1. The number of ether oxygens (including phenoxy) is 1. The Morgan fingerprint density at radius 2 is 2.10 bits per heavy atom. The quantitative estimate of drug-likeness (QED) is 0.617. The predicted octanol–water partition coefficient (Wildman–Crippen LogP) is 1.64. The average molecular weight is 291 g/mol. The number of benzene rings is 1. The second kappa shape index (κ2) is 7.88. The van der Waals surface area contributed by atoms with Gasteiger partial charge in [0.2, 0.25) is 5.91 Å². The molecule has 1 saturated heterocycles. The van der Waals surface area contributed by atoms with E-state index in [0.29, 0.717) is 18.3 Å². The number of nitrogens with zero attached hydrogens (tertiary/aromatic N) is 1. The number of rotatable bonds is 6. The van der Waals surface area contributed by atoms with Crippen LogP contribution in [0.25, 0.3) is 0 Å². The van der Waals surface area contributed by atoms with Gasteiger partial charge in [0, 0.05) is 32.6 Å². The summed E-state index contributed by atoms with van der Waals surface area (Å²) in [5.41, 5.74) is 6.52. The second-order valence-electron chi connectivity index (χ2n) is 5.56. The van der Waals surface area contributed by atoms with Gasteiger partial charge < -0.3 is 20.7 Å². The molecule has 0 bridgehead atoms. The Kier molecular flexibility index (Phi) is 5.87. The lowest BCUT2D eigenvalue weighted by molar-refractivity contribution is -0.119. The number of likely N-dealkylation sites (tertiary alicyclic amines) is 1. The maximum absolute atomic E-state index is 11.0. The molecule has 2 rings (SSSR count). The normalized spacial score (nSPS) is 16.6. The minimum Gasteiger partial charge on any atom is -0.491 e. The maximum Gasteiger partial charge on any atom is 0.217 e. The molecule has 1 aliphatic rings. The zero-order valence-electron chi connectivity index (χ0n) is 12.7. The van der Waals surface area contributed by atoms with Crippen molar-refractivity contribution in [2.24, 2.45) is 0 Å². The van der Waals surface area contributed by atoms with Gasteiger partial charge in [-0.25, -0.2) is 0 Å². The fourth-order valence-electron chi connectivity index (χ4n) is 2.67. The molecule has 1 heterocycles. The van der Waals surface area contributed by atoms with Crippen LogP contribution in [0.5, 0.6) is 5.75 Å². The Balaban J connectivity index is 1.60. The Hall–Kier alpha value is -1.75. The monoisotopic (exact) mass is 291 g/mol. The van der Waals surface area contributed by atoms with Crippen LogP contribution in [0.2, 0.25) is 0 Å². The van der Waals surface area contributed by atoms with Gasteiger partial charge in [0.05, 0.1) is 12.3 Å². The molecule has 1 fully saturated rings. The number of hydrogen-bond donors (Lipinski definition) is 2. The standard InChI is InChI=1S/C16H25N3O2/c1-13(20)18-14-7-10-19(11-8-14)9-4-12-21-16-6-3-2-5-15(16)17/h2-3,5-6,14H,4,7-12,17H2,1H3,(H,18,20). The van der Waals surface area contributed by atoms with Crippen LogP contribution in [0.3, 0.4) is 0 Å². The molecule has 1 amide bonds. The smallest absolute Gasteiger partial charge is 0.217 e. The van der Waals surface area contributed by atoms with Gasteiger partial charge in [-0.2, -0.15) is 0 Å². The van der Waals surface area contributed by atoms with Crippen LogP contribution in [-0.4, -0.2) is 43.1 Å². The molecule has 5 heteroatoms. The van der Waals surface area contributed by atoms with Crippen LogP contribution >= 0.6 is 0 Å². The first-order valence-electron chi connectivity index (χ1n) is 7.62. The van der Waals surface area contributed by atoms with Gasteiger partial charge in [-0.3, -0.25) is 4.79 Å². The number of piperidine rings is 1. The molecule has 21 heavy (non-hydrogen) atoms. The number of amides is 1. The number of nitrogens with one attached hydrogen (secondary N) is 1. The van der Waals surface area contributed by atoms with Gasteiger partial charge in [-0.1, -0.05) is 12.1 Å². The van der Waals surface area contributed by atoms with E-state index in [-0.39, 0.29) is 5.91 Å². The number of carbonyl (C=O) groups is 1. The first-order valence-corrected chi connectivity index (χ1v) is 7.62. The van der Waals surface area contributed by atoms with Crippen LogP contribution in [-0.2, 0) is 4.79 Å². The number of carbonyl (C=O) groups excluding carboxylic acids is 1. The number of para-hydroxylation sites is 2. The fraction of sp³-hybridized carbons (Fsp3) is 0.562. The lowest BCUT2D eigenvalue weighted by Crippen LogP contribution is -2.44. The summed E-state index contributed by atoms with van der Waals surface area (Å²) in [5.74, 6) is 0.837. The van der Waals surface area contributed by atoms with Gasteiger partial charge in [0.1, 0.15) is 5.75 Å². The molecule has 0 atom stereocenters. The lowest BCUT2D eigenvalue weighted by atomic mass is 10.0. The summed E-state index contributed by atoms with van der Waals surface area (Å²) in [5, 5.41) is 2.99. The molecule has 1 aromatic rings. The van der Waals surface area contributed by atoms with Crippen molar-refractivity contribution in [2.45, 2.75) is 32.2 Å². The highest BCUT2D eigenvalue weighted by atomic mass is 16.5. The Morgan fingerprint density at radius 3 is 2.76 bits per heavy atom. The van der Waals surface area contributed by atoms with Crippen molar-refractivity contribution in [1.82, 2.24) is 10.2 Å². The van der Waals surface area contributed by atoms with E-state index in [0.717, 1.165) is 44.6 Å². The summed E-state index contributed by atoms with van der Waals surface area (Å²) in [4.78, 5) is 13.4. The van der Waals surface area contributed by atoms with Crippen LogP contribution in [0, 0.1) is 0 Å². The average Bonchev–Trinajstić information content (AvgIpc) is 2.46. The molecule has 0 aliphatic carbocycles. The summed E-state index contributed by atoms with van der Waals surface area (Å²) >= 11 is 0. The third kappa shape index (κ3) is 5.27. The molecule has 5 nitrogen and oxygen atoms in total. The summed E-state index contributed by atoms with van der Waals surface area (Å²) in [6, 6.07) is 7.93. The van der Waals surface area contributed by atoms with Crippen molar-refractivity contribution in [3.8, 4) is 5.75 Å². The maximum atomic E-state index is 11.0. The van der Waals surface area contributed by atoms with Gasteiger partial charge in [0.15, 0.2) is 0 Å². The highest BCUT2D eigenvalue weighted by Gasteiger charge is 2.19. The largest absolute Gasteiger partial charge is 0.491 e. The van der Waals surface area contributed by atoms with Crippen LogP contribution in [0.1, 0.15) is 26.2 Å². The van der Waals surface area contributed by atoms with Crippen molar-refractivity contribution in [2.75, 3.05) is 32.0 Å². The lowest BCUT2D eigenvalue weighted by Gasteiger charge is -2.32. The Morgan fingerprint density at radius 1 is 1.38 bits per heavy atom. The van der Waals surface area contributed by atoms with Crippen LogP contribution < -0.4 is 15.8 Å². The van der Waals surface area contributed by atoms with Gasteiger partial charge in [-0.05, 0) is 31.4 Å². The minimum absolute atomic E-state index is 0.0716. The number of nitrogen functional groups attached to an aromatic ring is 1. The molecule has 0 spiro atoms. The van der Waals surface area contributed by atoms with E-state index in [2.05, 4.69) is 10.2 Å². The Bertz CT molecular complexity index is 457. The molecule has 116 valence electrons. The molecule has 0 radical (unpaired) electrons. The van der Waals surface area contributed by atoms with Crippen molar-refractivity contribution in [3.05, 3.63) is 24.3 Å². The number of anilines is 1. The molecule has 3 N–H and O–H groups in total. The van der Waals surface area contributed by atoms with Crippen molar-refractivity contribution < 1.29 is 9.53 Å². The molecule has 1 aromatic carbocycles. The molecule has 1 aliphatic heterocycles. The zero-order chi connectivity index (χ0) is 15.1. The van der Waals surface area contributed by atoms with Crippen molar-refractivity contribution >= 4 is 11.6 Å². The molecular formula is C16H25N3O2. The third-order valence-electron chi connectivity index (χ3n) is 3.79. The zero-order valence-corrected chi connectivity index (χ0v) is 12.7. The topological polar surface area (TPSA) is 67.6 Å². The van der Waals surface area contributed by atoms with Crippen LogP contribution in [0.4, 0.5) is 5.69 Å². The summed E-state index contributed by atoms with van der Waals surface area (Å²) in [6.45, 7) is 5.37. The van der Waals surface area contributed by atoms with E-state index in [9.17, 15) is 4.79 Å². The van der Waals surface area contributed by atoms with E-state index in [1.54, 1.807) is 6.92 Å². The molecule has 0 unspecified atom stereocenters. The first-order chi connectivity index (χ1) is 10.1. The predicted molar refractivity (Wildman–Crippen MR) is 84.2 cm³/mol. The van der Waals surface area contributed by atoms with E-state index in [1.165, 1.54) is 0 Å². The molecule has 0 aromatic heterocycles. The van der Waals surface area contributed by atoms with Gasteiger partial charge in [-0.15, -0.1) is 0 Å². The van der Waals surface area contributed by atoms with Crippen molar-refractivity contribution in [3.63, 3.8) is 0 Å². The third-order valence-corrected chi connectivity index (χ3v) is 3.79. The summed E-state index contributed by atoms with van der Waals surface area (Å²) in [6.07, 6.45) is 3.05. The number of hydrogen-bond acceptors (Lipinski definition) is 4. The summed E-state index contributed by atoms with van der Waals surface area (Å²) < 4.78 is 5.69. The minimum atomic E-state index is 0.0716. The molecule has 0 saturated carbocycles. The number of nitrogens with two attached hydrogens (primary N) is 1. The second-order valence-corrected chi connectivity index (χ2v) is 5.56. The van der Waals surface area contributed by atoms with Gasteiger partial charge >= 0.3 is 0 Å². The van der Waals surface area contributed by atoms with E-state index in [4.69, 9.17) is 10.5 Å². The van der Waals surface area contributed by atoms with Crippen LogP contribution in [0.15, 0.2) is 24.3 Å². The van der Waals surface area contributed by atoms with E-state index in [1.807, 2.05) is 24.3 Å². The summed E-state index contributed by atoms with van der Waals surface area (Å²) in [7, 11) is 0.